The molecule has 40 heavy (non-hydrogen) atoms. The van der Waals surface area contributed by atoms with E-state index >= 15 is 0 Å². The lowest BCUT2D eigenvalue weighted by Gasteiger charge is -2.40. The van der Waals surface area contributed by atoms with E-state index in [1.807, 2.05) is 0 Å². The second-order valence-electron chi connectivity index (χ2n) is 15.2. The van der Waals surface area contributed by atoms with E-state index in [1.165, 1.54) is 89.9 Å². The molecule has 0 heterocycles. The summed E-state index contributed by atoms with van der Waals surface area (Å²) in [5, 5.41) is 0. The van der Waals surface area contributed by atoms with E-state index in [0.29, 0.717) is 0 Å². The molecular formula is C36H60O4. The van der Waals surface area contributed by atoms with Crippen LogP contribution in [0.1, 0.15) is 155 Å². The van der Waals surface area contributed by atoms with Crippen LogP contribution in [0.4, 0.5) is 0 Å². The fraction of sp³-hybridized carbons (Fsp3) is 0.944. The maximum absolute atomic E-state index is 13.4. The second kappa shape index (κ2) is 14.4. The van der Waals surface area contributed by atoms with Gasteiger partial charge in [-0.1, -0.05) is 52.4 Å². The highest BCUT2D eigenvalue weighted by atomic mass is 16.6. The Hall–Kier alpha value is -1.06. The van der Waals surface area contributed by atoms with Crippen molar-refractivity contribution in [2.24, 2.45) is 47.3 Å². The Morgan fingerprint density at radius 3 is 1.55 bits per heavy atom. The van der Waals surface area contributed by atoms with Crippen molar-refractivity contribution in [3.05, 3.63) is 0 Å². The van der Waals surface area contributed by atoms with Gasteiger partial charge in [-0.15, -0.1) is 0 Å². The van der Waals surface area contributed by atoms with Crippen LogP contribution in [0.2, 0.25) is 0 Å². The monoisotopic (exact) mass is 556 g/mol. The third kappa shape index (κ3) is 7.85. The van der Waals surface area contributed by atoms with Gasteiger partial charge in [0.25, 0.3) is 0 Å². The van der Waals surface area contributed by atoms with Gasteiger partial charge in [-0.25, -0.2) is 0 Å². The summed E-state index contributed by atoms with van der Waals surface area (Å²) >= 11 is 0. The highest BCUT2D eigenvalue weighted by Crippen LogP contribution is 2.44. The van der Waals surface area contributed by atoms with Gasteiger partial charge in [0.15, 0.2) is 0 Å². The molecular weight excluding hydrogens is 496 g/mol. The summed E-state index contributed by atoms with van der Waals surface area (Å²) in [4.78, 5) is 26.6. The molecule has 5 rings (SSSR count). The van der Waals surface area contributed by atoms with E-state index in [9.17, 15) is 9.59 Å². The van der Waals surface area contributed by atoms with Crippen molar-refractivity contribution in [3.8, 4) is 0 Å². The van der Waals surface area contributed by atoms with Crippen molar-refractivity contribution in [2.45, 2.75) is 161 Å². The van der Waals surface area contributed by atoms with Crippen molar-refractivity contribution in [1.29, 1.82) is 0 Å². The number of carbonyl (C=O) groups is 2. The van der Waals surface area contributed by atoms with Crippen molar-refractivity contribution < 1.29 is 19.1 Å². The number of carbonyl (C=O) groups excluding carboxylic acids is 2. The Kier molecular flexibility index (Phi) is 11.0. The molecule has 0 atom stereocenters. The largest absolute Gasteiger partial charge is 0.461 e. The van der Waals surface area contributed by atoms with E-state index < -0.39 is 5.60 Å². The molecule has 5 aliphatic rings. The lowest BCUT2D eigenvalue weighted by atomic mass is 9.69. The molecule has 0 saturated heterocycles. The highest BCUT2D eigenvalue weighted by molar-refractivity contribution is 5.74. The second-order valence-corrected chi connectivity index (χ2v) is 15.2. The molecule has 0 aromatic heterocycles. The Morgan fingerprint density at radius 2 is 1.05 bits per heavy atom. The van der Waals surface area contributed by atoms with Gasteiger partial charge in [0.2, 0.25) is 0 Å². The molecule has 228 valence electrons. The first-order valence-corrected chi connectivity index (χ1v) is 17.8. The summed E-state index contributed by atoms with van der Waals surface area (Å²) in [6.45, 7) is 5.00. The normalized spacial score (nSPS) is 38.8. The molecule has 0 aromatic carbocycles. The van der Waals surface area contributed by atoms with Crippen LogP contribution in [-0.2, 0) is 19.1 Å². The molecule has 4 nitrogen and oxygen atoms in total. The molecule has 0 unspecified atom stereocenters. The molecule has 0 radical (unpaired) electrons. The molecule has 0 aromatic rings. The van der Waals surface area contributed by atoms with E-state index in [1.54, 1.807) is 0 Å². The highest BCUT2D eigenvalue weighted by Gasteiger charge is 2.42. The van der Waals surface area contributed by atoms with Gasteiger partial charge in [0.05, 0.1) is 11.8 Å². The topological polar surface area (TPSA) is 52.6 Å². The molecule has 0 bridgehead atoms. The SMILES string of the molecule is CCC1CCC(C2CCC(C(=O)OCC3(OC(=O)C4CCC(C5CCC(C)CC5)CC4)CCCCC3)CC2)CC1. The summed E-state index contributed by atoms with van der Waals surface area (Å²) in [6.07, 6.45) is 26.1. The summed E-state index contributed by atoms with van der Waals surface area (Å²) in [6, 6.07) is 0. The van der Waals surface area contributed by atoms with Crippen molar-refractivity contribution in [1.82, 2.24) is 0 Å². The maximum atomic E-state index is 13.4. The van der Waals surface area contributed by atoms with Crippen LogP contribution in [0.5, 0.6) is 0 Å². The zero-order valence-electron chi connectivity index (χ0n) is 26.0. The molecule has 5 saturated carbocycles. The van der Waals surface area contributed by atoms with Crippen LogP contribution >= 0.6 is 0 Å². The zero-order chi connectivity index (χ0) is 28.0. The van der Waals surface area contributed by atoms with Crippen LogP contribution in [-0.4, -0.2) is 24.1 Å². The minimum absolute atomic E-state index is 0.00744. The minimum atomic E-state index is -0.587. The fourth-order valence-electron chi connectivity index (χ4n) is 9.57. The average molecular weight is 557 g/mol. The first kappa shape index (κ1) is 30.4. The van der Waals surface area contributed by atoms with Gasteiger partial charge in [-0.05, 0) is 138 Å². The Bertz CT molecular complexity index is 784. The van der Waals surface area contributed by atoms with Gasteiger partial charge in [0.1, 0.15) is 12.2 Å². The molecule has 0 spiro atoms. The molecule has 0 N–H and O–H groups in total. The van der Waals surface area contributed by atoms with E-state index in [-0.39, 0.29) is 30.4 Å². The lowest BCUT2D eigenvalue weighted by molar-refractivity contribution is -0.184. The van der Waals surface area contributed by atoms with E-state index in [2.05, 4.69) is 13.8 Å². The van der Waals surface area contributed by atoms with Crippen LogP contribution in [0.3, 0.4) is 0 Å². The van der Waals surface area contributed by atoms with Crippen molar-refractivity contribution in [3.63, 3.8) is 0 Å². The number of hydrogen-bond donors (Lipinski definition) is 0. The number of esters is 2. The summed E-state index contributed by atoms with van der Waals surface area (Å²) in [5.41, 5.74) is -0.587. The van der Waals surface area contributed by atoms with Crippen LogP contribution in [0, 0.1) is 47.3 Å². The summed E-state index contributed by atoms with van der Waals surface area (Å²) < 4.78 is 12.4. The molecule has 0 aliphatic heterocycles. The fourth-order valence-corrected chi connectivity index (χ4v) is 9.57. The molecule has 5 fully saturated rings. The number of rotatable bonds is 8. The first-order valence-electron chi connectivity index (χ1n) is 17.8. The van der Waals surface area contributed by atoms with Crippen LogP contribution in [0.15, 0.2) is 0 Å². The summed E-state index contributed by atoms with van der Waals surface area (Å²) in [7, 11) is 0. The molecule has 0 amide bonds. The zero-order valence-corrected chi connectivity index (χ0v) is 26.0. The maximum Gasteiger partial charge on any atom is 0.309 e. The van der Waals surface area contributed by atoms with Crippen molar-refractivity contribution in [2.75, 3.05) is 6.61 Å². The van der Waals surface area contributed by atoms with Gasteiger partial charge in [-0.2, -0.15) is 0 Å². The quantitative estimate of drug-likeness (QED) is 0.279. The van der Waals surface area contributed by atoms with E-state index in [0.717, 1.165) is 86.9 Å². The predicted octanol–water partition coefficient (Wildman–Crippen LogP) is 9.43. The molecule has 4 heteroatoms. The first-order chi connectivity index (χ1) is 19.4. The van der Waals surface area contributed by atoms with Gasteiger partial charge >= 0.3 is 11.9 Å². The summed E-state index contributed by atoms with van der Waals surface area (Å²) in [5.74, 6) is 5.26. The van der Waals surface area contributed by atoms with Gasteiger partial charge < -0.3 is 9.47 Å². The van der Waals surface area contributed by atoms with Gasteiger partial charge in [-0.3, -0.25) is 9.59 Å². The minimum Gasteiger partial charge on any atom is -0.461 e. The Morgan fingerprint density at radius 1 is 0.600 bits per heavy atom. The number of ether oxygens (including phenoxy) is 2. The predicted molar refractivity (Wildman–Crippen MR) is 161 cm³/mol. The Labute approximate surface area is 245 Å². The number of hydrogen-bond acceptors (Lipinski definition) is 4. The van der Waals surface area contributed by atoms with Gasteiger partial charge in [0, 0.05) is 0 Å². The smallest absolute Gasteiger partial charge is 0.309 e. The third-order valence-corrected chi connectivity index (χ3v) is 12.6. The average Bonchev–Trinajstić information content (AvgIpc) is 3.01. The standard InChI is InChI=1S/C36H60O4/c1-3-27-9-13-29(14-10-27)31-15-19-32(20-16-31)34(37)39-25-36(23-5-4-6-24-36)40-35(38)33-21-17-30(18-22-33)28-11-7-26(2)8-12-28/h26-33H,3-25H2,1-2H3. The Balaban J connectivity index is 1.06. The lowest BCUT2D eigenvalue weighted by Crippen LogP contribution is -2.45. The molecule has 5 aliphatic carbocycles. The third-order valence-electron chi connectivity index (χ3n) is 12.6. The van der Waals surface area contributed by atoms with Crippen molar-refractivity contribution >= 4 is 11.9 Å². The van der Waals surface area contributed by atoms with Crippen LogP contribution < -0.4 is 0 Å². The van der Waals surface area contributed by atoms with Crippen LogP contribution in [0.25, 0.3) is 0 Å². The van der Waals surface area contributed by atoms with E-state index in [4.69, 9.17) is 9.47 Å².